The minimum absolute atomic E-state index is 0.332. The molecule has 0 bridgehead atoms. The maximum absolute atomic E-state index is 12.3. The summed E-state index contributed by atoms with van der Waals surface area (Å²) in [4.78, 5) is 4.09. The average molecular weight is 344 g/mol. The lowest BCUT2D eigenvalue weighted by Gasteiger charge is -2.27. The van der Waals surface area contributed by atoms with Crippen molar-refractivity contribution in [2.75, 3.05) is 5.32 Å². The summed E-state index contributed by atoms with van der Waals surface area (Å²) in [6, 6.07) is 11.1. The fourth-order valence-electron chi connectivity index (χ4n) is 2.05. The maximum Gasteiger partial charge on any atom is 0.136 e. The topological polar surface area (TPSA) is 83.9 Å². The Labute approximate surface area is 146 Å². The molecular weight excluding hydrogens is 320 g/mol. The fourth-order valence-corrected chi connectivity index (χ4v) is 2.84. The molecule has 0 unspecified atom stereocenters. The van der Waals surface area contributed by atoms with E-state index in [-0.39, 0.29) is 10.8 Å². The van der Waals surface area contributed by atoms with E-state index >= 15 is 0 Å². The summed E-state index contributed by atoms with van der Waals surface area (Å²) in [5, 5.41) is 11.8. The van der Waals surface area contributed by atoms with Gasteiger partial charge in [0.2, 0.25) is 0 Å². The number of hydrogen-bond donors (Lipinski definition) is 3. The molecule has 2 aromatic rings. The minimum Gasteiger partial charge on any atom is -0.598 e. The van der Waals surface area contributed by atoms with Crippen molar-refractivity contribution in [2.45, 2.75) is 38.5 Å². The maximum atomic E-state index is 12.3. The molecule has 5 nitrogen and oxygen atoms in total. The van der Waals surface area contributed by atoms with Crippen LogP contribution in [0.5, 0.6) is 0 Å². The molecule has 0 amide bonds. The second-order valence-corrected chi connectivity index (χ2v) is 8.54. The van der Waals surface area contributed by atoms with E-state index in [0.717, 1.165) is 16.9 Å². The Morgan fingerprint density at radius 1 is 1.21 bits per heavy atom. The van der Waals surface area contributed by atoms with Crippen LogP contribution in [0.15, 0.2) is 48.8 Å². The van der Waals surface area contributed by atoms with E-state index in [1.807, 2.05) is 64.1 Å². The molecule has 0 saturated heterocycles. The smallest absolute Gasteiger partial charge is 0.136 e. The summed E-state index contributed by atoms with van der Waals surface area (Å²) in [6.45, 7) is 7.58. The van der Waals surface area contributed by atoms with Gasteiger partial charge in [0.1, 0.15) is 4.75 Å². The number of nitrogens with one attached hydrogen (secondary N) is 3. The molecule has 128 valence electrons. The van der Waals surface area contributed by atoms with Crippen molar-refractivity contribution in [3.8, 4) is 0 Å². The van der Waals surface area contributed by atoms with E-state index in [9.17, 15) is 4.55 Å². The third kappa shape index (κ3) is 4.80. The van der Waals surface area contributed by atoms with Crippen molar-refractivity contribution in [1.29, 1.82) is 5.41 Å². The van der Waals surface area contributed by atoms with Crippen LogP contribution in [0.4, 0.5) is 11.4 Å². The van der Waals surface area contributed by atoms with Gasteiger partial charge in [-0.05, 0) is 45.9 Å². The summed E-state index contributed by atoms with van der Waals surface area (Å²) in [5.74, 6) is 0. The van der Waals surface area contributed by atoms with Gasteiger partial charge in [-0.15, -0.1) is 4.72 Å². The molecule has 0 aliphatic carbocycles. The summed E-state index contributed by atoms with van der Waals surface area (Å²) in [6.07, 6.45) is 3.45. The van der Waals surface area contributed by atoms with E-state index < -0.39 is 11.4 Å². The van der Waals surface area contributed by atoms with Crippen molar-refractivity contribution < 1.29 is 4.55 Å². The highest BCUT2D eigenvalue weighted by Crippen LogP contribution is 2.22. The van der Waals surface area contributed by atoms with Gasteiger partial charge in [-0.1, -0.05) is 18.2 Å². The predicted octanol–water partition coefficient (Wildman–Crippen LogP) is 3.63. The van der Waals surface area contributed by atoms with Gasteiger partial charge >= 0.3 is 0 Å². The Kier molecular flexibility index (Phi) is 5.99. The van der Waals surface area contributed by atoms with Crippen LogP contribution in [0, 0.1) is 5.41 Å². The summed E-state index contributed by atoms with van der Waals surface area (Å²) < 4.78 is 14.9. The number of nitrogens with zero attached hydrogens (tertiary/aromatic N) is 1. The first-order valence-electron chi connectivity index (χ1n) is 7.82. The fraction of sp³-hybridized carbons (Fsp3) is 0.333. The summed E-state index contributed by atoms with van der Waals surface area (Å²) >= 11 is -1.23. The molecule has 0 aliphatic heterocycles. The lowest BCUT2D eigenvalue weighted by atomic mass is 10.0. The number of hydrogen-bond acceptors (Lipinski definition) is 5. The minimum atomic E-state index is -1.23. The second kappa shape index (κ2) is 7.79. The molecule has 24 heavy (non-hydrogen) atoms. The molecule has 0 spiro atoms. The third-order valence-electron chi connectivity index (χ3n) is 3.43. The Balaban J connectivity index is 2.18. The standard InChI is InChI=1S/C18H24N4OS/c1-13(22-24(23)18(2,3)4)17(19)15-9-5-6-10-16(15)21-14-8-7-11-20-12-14/h5-13,19,21-22H,1-4H3/t13-,24+/m0/s1. The van der Waals surface area contributed by atoms with Crippen LogP contribution in [0.25, 0.3) is 0 Å². The van der Waals surface area contributed by atoms with Gasteiger partial charge in [0.25, 0.3) is 0 Å². The predicted molar refractivity (Wildman–Crippen MR) is 101 cm³/mol. The monoisotopic (exact) mass is 344 g/mol. The lowest BCUT2D eigenvalue weighted by Crippen LogP contribution is -2.46. The largest absolute Gasteiger partial charge is 0.598 e. The number of rotatable bonds is 6. The molecule has 0 saturated carbocycles. The highest BCUT2D eigenvalue weighted by molar-refractivity contribution is 7.90. The number of aromatic nitrogens is 1. The Bertz CT molecular complexity index is 685. The van der Waals surface area contributed by atoms with E-state index in [1.54, 1.807) is 12.4 Å². The Morgan fingerprint density at radius 2 is 1.92 bits per heavy atom. The third-order valence-corrected chi connectivity index (χ3v) is 5.11. The molecule has 2 rings (SSSR count). The lowest BCUT2D eigenvalue weighted by molar-refractivity contribution is 0.541. The highest BCUT2D eigenvalue weighted by atomic mass is 32.2. The zero-order valence-electron chi connectivity index (χ0n) is 14.5. The normalized spacial score (nSPS) is 14.0. The molecule has 0 aliphatic rings. The van der Waals surface area contributed by atoms with Gasteiger partial charge in [-0.3, -0.25) is 4.98 Å². The molecule has 2 atom stereocenters. The molecule has 0 fully saturated rings. The van der Waals surface area contributed by atoms with Crippen LogP contribution in [0.1, 0.15) is 33.3 Å². The van der Waals surface area contributed by atoms with Crippen LogP contribution < -0.4 is 10.0 Å². The van der Waals surface area contributed by atoms with Crippen molar-refractivity contribution >= 4 is 28.4 Å². The molecular formula is C18H24N4OS. The Hall–Kier alpha value is -1.89. The van der Waals surface area contributed by atoms with Crippen LogP contribution in [0.2, 0.25) is 0 Å². The SMILES string of the molecule is C[C@H](N[S@+]([O-])C(C)(C)C)C(=N)c1ccccc1Nc1cccnc1. The molecule has 0 radical (unpaired) electrons. The molecule has 1 heterocycles. The first-order chi connectivity index (χ1) is 11.3. The quantitative estimate of drug-likeness (QED) is 0.552. The first kappa shape index (κ1) is 18.4. The number of pyridine rings is 1. The van der Waals surface area contributed by atoms with Gasteiger partial charge in [0.05, 0.1) is 23.6 Å². The van der Waals surface area contributed by atoms with Gasteiger partial charge in [0, 0.05) is 28.8 Å². The second-order valence-electron chi connectivity index (χ2n) is 6.55. The zero-order chi connectivity index (χ0) is 17.7. The van der Waals surface area contributed by atoms with Crippen molar-refractivity contribution in [1.82, 2.24) is 9.71 Å². The van der Waals surface area contributed by atoms with E-state index in [4.69, 9.17) is 5.41 Å². The van der Waals surface area contributed by atoms with Gasteiger partial charge in [0.15, 0.2) is 0 Å². The van der Waals surface area contributed by atoms with E-state index in [0.29, 0.717) is 5.71 Å². The molecule has 1 aromatic carbocycles. The molecule has 3 N–H and O–H groups in total. The summed E-state index contributed by atoms with van der Waals surface area (Å²) in [7, 11) is 0. The average Bonchev–Trinajstić information content (AvgIpc) is 2.54. The first-order valence-corrected chi connectivity index (χ1v) is 8.97. The highest BCUT2D eigenvalue weighted by Gasteiger charge is 2.29. The Morgan fingerprint density at radius 3 is 2.54 bits per heavy atom. The van der Waals surface area contributed by atoms with Gasteiger partial charge < -0.3 is 15.3 Å². The summed E-state index contributed by atoms with van der Waals surface area (Å²) in [5.41, 5.74) is 2.84. The van der Waals surface area contributed by atoms with Gasteiger partial charge in [-0.2, -0.15) is 0 Å². The number of para-hydroxylation sites is 1. The van der Waals surface area contributed by atoms with Crippen LogP contribution in [-0.2, 0) is 11.4 Å². The van der Waals surface area contributed by atoms with E-state index in [2.05, 4.69) is 15.0 Å². The van der Waals surface area contributed by atoms with Crippen molar-refractivity contribution in [2.24, 2.45) is 0 Å². The molecule has 1 aromatic heterocycles. The van der Waals surface area contributed by atoms with Crippen LogP contribution in [0.3, 0.4) is 0 Å². The number of benzene rings is 1. The van der Waals surface area contributed by atoms with Gasteiger partial charge in [-0.25, -0.2) is 0 Å². The van der Waals surface area contributed by atoms with Crippen molar-refractivity contribution in [3.63, 3.8) is 0 Å². The zero-order valence-corrected chi connectivity index (χ0v) is 15.3. The number of anilines is 2. The van der Waals surface area contributed by atoms with Crippen molar-refractivity contribution in [3.05, 3.63) is 54.4 Å². The molecule has 6 heteroatoms. The van der Waals surface area contributed by atoms with Crippen LogP contribution in [-0.4, -0.2) is 26.0 Å². The van der Waals surface area contributed by atoms with Crippen LogP contribution >= 0.6 is 0 Å². The van der Waals surface area contributed by atoms with E-state index in [1.165, 1.54) is 0 Å².